The van der Waals surface area contributed by atoms with Gasteiger partial charge < -0.3 is 29.7 Å². The van der Waals surface area contributed by atoms with E-state index in [4.69, 9.17) is 19.2 Å². The van der Waals surface area contributed by atoms with Crippen molar-refractivity contribution >= 4 is 50.8 Å². The van der Waals surface area contributed by atoms with E-state index < -0.39 is 68.7 Å². The molecule has 3 fully saturated rings. The smallest absolute Gasteiger partial charge is 0.407 e. The Kier molecular flexibility index (Phi) is 11.6. The Morgan fingerprint density at radius 2 is 1.95 bits per heavy atom. The molecular weight excluding hydrogens is 751 g/mol. The molecule has 15 heteroatoms. The highest BCUT2D eigenvalue weighted by molar-refractivity contribution is 7.91. The molecule has 14 nitrogen and oxygen atoms in total. The number of sulfonamides is 1. The van der Waals surface area contributed by atoms with Gasteiger partial charge in [0.25, 0.3) is 5.91 Å². The molecule has 0 unspecified atom stereocenters. The average molecular weight is 800 g/mol. The number of hydrogen-bond donors (Lipinski definition) is 3. The molecule has 1 aromatic heterocycles. The van der Waals surface area contributed by atoms with Crippen molar-refractivity contribution in [2.24, 2.45) is 5.92 Å². The van der Waals surface area contributed by atoms with Gasteiger partial charge in [0.15, 0.2) is 0 Å². The summed E-state index contributed by atoms with van der Waals surface area (Å²) < 4.78 is 45.7. The van der Waals surface area contributed by atoms with Crippen LogP contribution in [-0.4, -0.2) is 91.4 Å². The highest BCUT2D eigenvalue weighted by atomic mass is 32.2. The lowest BCUT2D eigenvalue weighted by Gasteiger charge is -2.29. The van der Waals surface area contributed by atoms with Crippen molar-refractivity contribution in [3.8, 4) is 22.8 Å². The van der Waals surface area contributed by atoms with Gasteiger partial charge >= 0.3 is 6.09 Å². The van der Waals surface area contributed by atoms with Crippen LogP contribution in [0.5, 0.6) is 11.5 Å². The highest BCUT2D eigenvalue weighted by Gasteiger charge is 2.62. The summed E-state index contributed by atoms with van der Waals surface area (Å²) in [6, 6.07) is 13.1. The predicted octanol–water partition coefficient (Wildman–Crippen LogP) is 5.02. The summed E-state index contributed by atoms with van der Waals surface area (Å²) in [4.78, 5) is 61.9. The summed E-state index contributed by atoms with van der Waals surface area (Å²) in [7, 11) is -2.32. The summed E-state index contributed by atoms with van der Waals surface area (Å²) in [5.41, 5.74) is 1.33. The van der Waals surface area contributed by atoms with Crippen LogP contribution < -0.4 is 24.8 Å². The molecule has 2 aliphatic carbocycles. The highest BCUT2D eigenvalue weighted by Crippen LogP contribution is 2.46. The number of hydrogen-bond acceptors (Lipinski definition) is 10. The molecule has 7 rings (SSSR count). The molecule has 3 heterocycles. The fourth-order valence-corrected chi connectivity index (χ4v) is 8.96. The molecule has 57 heavy (non-hydrogen) atoms. The third-order valence-electron chi connectivity index (χ3n) is 11.1. The van der Waals surface area contributed by atoms with Crippen molar-refractivity contribution in [1.82, 2.24) is 25.2 Å². The normalized spacial score (nSPS) is 25.6. The number of unbranched alkanes of at least 4 members (excludes halogenated alkanes) is 1. The van der Waals surface area contributed by atoms with E-state index in [-0.39, 0.29) is 26.0 Å². The second-order valence-corrected chi connectivity index (χ2v) is 17.1. The number of cyclic esters (lactones) is 1. The molecule has 1 saturated heterocycles. The monoisotopic (exact) mass is 799 g/mol. The molecule has 0 radical (unpaired) electrons. The van der Waals surface area contributed by atoms with Crippen LogP contribution in [0.15, 0.2) is 67.3 Å². The molecular formula is C42H49N5O9S. The number of fused-ring (bicyclic) bond motifs is 3. The SMILES string of the molecule is C=C[C@@H]1C[C@]1(NC(=O)[C@@H]1C[C@@H]2CN1C(=O)[C@H](CCCC)NC(=O)OCCC/C=C/c1cc3c(cc(-c4ccccc4)nc3cc1OC)O2)C(=O)NS(=O)(=O)C1CC1. The number of alkyl carbamates (subject to hydrolysis) is 1. The summed E-state index contributed by atoms with van der Waals surface area (Å²) >= 11 is 0. The zero-order chi connectivity index (χ0) is 40.3. The van der Waals surface area contributed by atoms with Crippen molar-refractivity contribution in [2.45, 2.75) is 93.7 Å². The average Bonchev–Trinajstić information content (AvgIpc) is 4.14. The molecule has 3 N–H and O–H groups in total. The van der Waals surface area contributed by atoms with Crippen LogP contribution in [-0.2, 0) is 29.1 Å². The zero-order valence-electron chi connectivity index (χ0n) is 32.2. The van der Waals surface area contributed by atoms with Crippen LogP contribution in [0.4, 0.5) is 4.79 Å². The van der Waals surface area contributed by atoms with Crippen molar-refractivity contribution in [2.75, 3.05) is 20.3 Å². The number of ether oxygens (including phenoxy) is 3. The van der Waals surface area contributed by atoms with Gasteiger partial charge in [-0.3, -0.25) is 19.1 Å². The lowest BCUT2D eigenvalue weighted by atomic mass is 10.0. The summed E-state index contributed by atoms with van der Waals surface area (Å²) in [5, 5.41) is 5.61. The van der Waals surface area contributed by atoms with E-state index in [1.54, 1.807) is 7.11 Å². The second-order valence-electron chi connectivity index (χ2n) is 15.2. The minimum atomic E-state index is -3.91. The van der Waals surface area contributed by atoms with E-state index >= 15 is 0 Å². The first-order valence-corrected chi connectivity index (χ1v) is 21.2. The number of amides is 4. The lowest BCUT2D eigenvalue weighted by molar-refractivity contribution is -0.141. The standard InChI is InChI=1S/C42H49N5O9S/c1-4-6-16-32-39(49)47-25-29(21-35(47)38(48)45-42(24-28(42)5-2)40(50)46-57(52,53)30-17-18-30)56-37-22-33(26-13-9-7-10-14-26)43-34-23-36(54-3)27(20-31(34)37)15-11-8-12-19-55-41(51)44-32/h5,7,9-11,13-15,20,22-23,28-30,32,35H,2,4,6,8,12,16-19,21,24-25H2,1,3H3,(H,44,51)(H,45,48)(H,46,50)/b15-11+/t28-,29-,32+,35+,42-/m1/s1. The molecule has 2 saturated carbocycles. The van der Waals surface area contributed by atoms with E-state index in [1.807, 2.05) is 67.6 Å². The largest absolute Gasteiger partial charge is 0.496 e. The Labute approximate surface area is 332 Å². The first-order valence-electron chi connectivity index (χ1n) is 19.6. The maximum atomic E-state index is 14.5. The molecule has 4 amide bonds. The number of aromatic nitrogens is 1. The fourth-order valence-electron chi connectivity index (χ4n) is 7.60. The molecule has 302 valence electrons. The summed E-state index contributed by atoms with van der Waals surface area (Å²) in [5.74, 6) is -1.43. The summed E-state index contributed by atoms with van der Waals surface area (Å²) in [6.45, 7) is 5.86. The van der Waals surface area contributed by atoms with Crippen LogP contribution in [0.2, 0.25) is 0 Å². The topological polar surface area (TPSA) is 182 Å². The van der Waals surface area contributed by atoms with Gasteiger partial charge in [-0.05, 0) is 44.6 Å². The quantitative estimate of drug-likeness (QED) is 0.223. The van der Waals surface area contributed by atoms with Gasteiger partial charge in [0.2, 0.25) is 21.8 Å². The van der Waals surface area contributed by atoms with Gasteiger partial charge in [0, 0.05) is 41.0 Å². The minimum absolute atomic E-state index is 0.0240. The van der Waals surface area contributed by atoms with Crippen LogP contribution in [0.1, 0.15) is 70.3 Å². The Morgan fingerprint density at radius 3 is 2.65 bits per heavy atom. The van der Waals surface area contributed by atoms with Gasteiger partial charge in [-0.25, -0.2) is 18.2 Å². The van der Waals surface area contributed by atoms with Gasteiger partial charge in [-0.1, -0.05) is 68.3 Å². The Morgan fingerprint density at radius 1 is 1.16 bits per heavy atom. The fraction of sp³-hybridized carbons (Fsp3) is 0.452. The number of carbonyl (C=O) groups excluding carboxylic acids is 4. The maximum absolute atomic E-state index is 14.5. The van der Waals surface area contributed by atoms with Crippen molar-refractivity contribution in [1.29, 1.82) is 0 Å². The number of carbonyl (C=O) groups is 4. The number of rotatable bonds is 11. The number of pyridine rings is 1. The third-order valence-corrected chi connectivity index (χ3v) is 12.9. The number of nitrogens with one attached hydrogen (secondary N) is 3. The first kappa shape index (κ1) is 39.8. The molecule has 3 aromatic rings. The predicted molar refractivity (Wildman–Crippen MR) is 214 cm³/mol. The van der Waals surface area contributed by atoms with E-state index in [1.165, 1.54) is 11.0 Å². The molecule has 4 bridgehead atoms. The number of benzene rings is 2. The summed E-state index contributed by atoms with van der Waals surface area (Å²) in [6.07, 6.45) is 7.84. The molecule has 0 spiro atoms. The van der Waals surface area contributed by atoms with Gasteiger partial charge in [0.1, 0.15) is 35.2 Å². The third kappa shape index (κ3) is 8.63. The van der Waals surface area contributed by atoms with Crippen molar-refractivity contribution in [3.63, 3.8) is 0 Å². The van der Waals surface area contributed by atoms with E-state index in [9.17, 15) is 27.6 Å². The molecule has 2 aliphatic heterocycles. The molecule has 2 aromatic carbocycles. The van der Waals surface area contributed by atoms with Crippen LogP contribution in [0.25, 0.3) is 28.2 Å². The van der Waals surface area contributed by atoms with Crippen molar-refractivity contribution < 1.29 is 41.8 Å². The second kappa shape index (κ2) is 16.6. The Balaban J connectivity index is 1.27. The van der Waals surface area contributed by atoms with Gasteiger partial charge in [0.05, 0.1) is 36.7 Å². The van der Waals surface area contributed by atoms with E-state index in [2.05, 4.69) is 21.9 Å². The number of allylic oxidation sites excluding steroid dienone is 1. The minimum Gasteiger partial charge on any atom is -0.496 e. The van der Waals surface area contributed by atoms with Gasteiger partial charge in [-0.15, -0.1) is 6.58 Å². The van der Waals surface area contributed by atoms with Crippen molar-refractivity contribution in [3.05, 3.63) is 72.8 Å². The van der Waals surface area contributed by atoms with Gasteiger partial charge in [-0.2, -0.15) is 0 Å². The molecule has 5 atom stereocenters. The lowest BCUT2D eigenvalue weighted by Crippen LogP contribution is -2.58. The number of methoxy groups -OCH3 is 1. The zero-order valence-corrected chi connectivity index (χ0v) is 33.0. The van der Waals surface area contributed by atoms with E-state index in [0.29, 0.717) is 66.6 Å². The Hall–Kier alpha value is -5.44. The van der Waals surface area contributed by atoms with E-state index in [0.717, 1.165) is 17.5 Å². The first-order chi connectivity index (χ1) is 27.5. The maximum Gasteiger partial charge on any atom is 0.407 e. The van der Waals surface area contributed by atoms with Crippen LogP contribution >= 0.6 is 0 Å². The van der Waals surface area contributed by atoms with Crippen LogP contribution in [0, 0.1) is 5.92 Å². The van der Waals surface area contributed by atoms with Crippen LogP contribution in [0.3, 0.4) is 0 Å². The molecule has 4 aliphatic rings. The number of nitrogens with zero attached hydrogens (tertiary/aromatic N) is 2. The Bertz CT molecular complexity index is 2190.